The number of carbonyl (C=O) groups is 2. The Hall–Kier alpha value is -3.18. The Morgan fingerprint density at radius 3 is 2.32 bits per heavy atom. The summed E-state index contributed by atoms with van der Waals surface area (Å²) >= 11 is 5.95. The summed E-state index contributed by atoms with van der Waals surface area (Å²) in [5.41, 5.74) is 4.73. The first-order valence-corrected chi connectivity index (χ1v) is 9.13. The first-order valence-electron chi connectivity index (χ1n) is 8.75. The van der Waals surface area contributed by atoms with Crippen molar-refractivity contribution in [1.82, 2.24) is 4.98 Å². The van der Waals surface area contributed by atoms with Gasteiger partial charge in [-0.15, -0.1) is 0 Å². The SMILES string of the molecule is Cc1ccc(C)c(NC(=O)c2cc(C(=O)Nc3ccc(Cl)cc3C)ccn2)c1. The van der Waals surface area contributed by atoms with Crippen LogP contribution in [0.4, 0.5) is 11.4 Å². The summed E-state index contributed by atoms with van der Waals surface area (Å²) in [7, 11) is 0. The molecule has 28 heavy (non-hydrogen) atoms. The van der Waals surface area contributed by atoms with Crippen molar-refractivity contribution in [2.24, 2.45) is 0 Å². The molecule has 0 aliphatic heterocycles. The maximum Gasteiger partial charge on any atom is 0.274 e. The highest BCUT2D eigenvalue weighted by Crippen LogP contribution is 2.21. The molecule has 0 saturated carbocycles. The van der Waals surface area contributed by atoms with Gasteiger partial charge in [-0.05, 0) is 73.9 Å². The van der Waals surface area contributed by atoms with Gasteiger partial charge in [-0.1, -0.05) is 23.7 Å². The van der Waals surface area contributed by atoms with E-state index in [1.165, 1.54) is 12.3 Å². The number of nitrogens with one attached hydrogen (secondary N) is 2. The highest BCUT2D eigenvalue weighted by molar-refractivity contribution is 6.30. The fraction of sp³-hybridized carbons (Fsp3) is 0.136. The number of hydrogen-bond donors (Lipinski definition) is 2. The second-order valence-electron chi connectivity index (χ2n) is 6.62. The molecular weight excluding hydrogens is 374 g/mol. The molecule has 0 spiro atoms. The molecule has 142 valence electrons. The van der Waals surface area contributed by atoms with Crippen molar-refractivity contribution in [2.45, 2.75) is 20.8 Å². The highest BCUT2D eigenvalue weighted by atomic mass is 35.5. The Balaban J connectivity index is 1.78. The first-order chi connectivity index (χ1) is 13.3. The minimum Gasteiger partial charge on any atom is -0.322 e. The Bertz CT molecular complexity index is 1060. The first kappa shape index (κ1) is 19.6. The van der Waals surface area contributed by atoms with E-state index in [4.69, 9.17) is 11.6 Å². The van der Waals surface area contributed by atoms with E-state index < -0.39 is 0 Å². The van der Waals surface area contributed by atoms with Gasteiger partial charge < -0.3 is 10.6 Å². The van der Waals surface area contributed by atoms with Crippen LogP contribution in [0.15, 0.2) is 54.7 Å². The average molecular weight is 394 g/mol. The van der Waals surface area contributed by atoms with Crippen molar-refractivity contribution < 1.29 is 9.59 Å². The van der Waals surface area contributed by atoms with Crippen LogP contribution in [-0.4, -0.2) is 16.8 Å². The monoisotopic (exact) mass is 393 g/mol. The van der Waals surface area contributed by atoms with Crippen LogP contribution in [0.3, 0.4) is 0 Å². The Labute approximate surface area is 168 Å². The number of aromatic nitrogens is 1. The van der Waals surface area contributed by atoms with Crippen molar-refractivity contribution >= 4 is 34.8 Å². The average Bonchev–Trinajstić information content (AvgIpc) is 2.67. The topological polar surface area (TPSA) is 71.1 Å². The van der Waals surface area contributed by atoms with Crippen molar-refractivity contribution in [3.05, 3.63) is 87.7 Å². The lowest BCUT2D eigenvalue weighted by molar-refractivity contribution is 0.102. The van der Waals surface area contributed by atoms with Crippen LogP contribution in [0.2, 0.25) is 5.02 Å². The Morgan fingerprint density at radius 1 is 0.821 bits per heavy atom. The lowest BCUT2D eigenvalue weighted by atomic mass is 10.1. The van der Waals surface area contributed by atoms with Crippen LogP contribution in [0.1, 0.15) is 37.5 Å². The zero-order valence-electron chi connectivity index (χ0n) is 15.8. The van der Waals surface area contributed by atoms with Gasteiger partial charge in [-0.2, -0.15) is 0 Å². The van der Waals surface area contributed by atoms with Crippen LogP contribution in [0.25, 0.3) is 0 Å². The molecule has 0 radical (unpaired) electrons. The highest BCUT2D eigenvalue weighted by Gasteiger charge is 2.14. The number of pyridine rings is 1. The van der Waals surface area contributed by atoms with Crippen LogP contribution < -0.4 is 10.6 Å². The van der Waals surface area contributed by atoms with Gasteiger partial charge >= 0.3 is 0 Å². The largest absolute Gasteiger partial charge is 0.322 e. The maximum absolute atomic E-state index is 12.6. The zero-order chi connectivity index (χ0) is 20.3. The minimum atomic E-state index is -0.369. The summed E-state index contributed by atoms with van der Waals surface area (Å²) < 4.78 is 0. The van der Waals surface area contributed by atoms with E-state index in [2.05, 4.69) is 15.6 Å². The molecule has 0 unspecified atom stereocenters. The van der Waals surface area contributed by atoms with Gasteiger partial charge in [0.25, 0.3) is 11.8 Å². The van der Waals surface area contributed by atoms with Crippen LogP contribution >= 0.6 is 11.6 Å². The van der Waals surface area contributed by atoms with Gasteiger partial charge in [0, 0.05) is 28.2 Å². The number of amides is 2. The number of aryl methyl sites for hydroxylation is 3. The number of hydrogen-bond acceptors (Lipinski definition) is 3. The lowest BCUT2D eigenvalue weighted by Crippen LogP contribution is -2.17. The molecule has 0 aliphatic carbocycles. The molecule has 0 bridgehead atoms. The Kier molecular flexibility index (Phi) is 5.76. The number of nitrogens with zero attached hydrogens (tertiary/aromatic N) is 1. The molecule has 2 N–H and O–H groups in total. The molecule has 5 nitrogen and oxygen atoms in total. The number of benzene rings is 2. The second kappa shape index (κ2) is 8.23. The quantitative estimate of drug-likeness (QED) is 0.642. The predicted molar refractivity (Wildman–Crippen MR) is 112 cm³/mol. The van der Waals surface area contributed by atoms with E-state index in [1.807, 2.05) is 39.0 Å². The molecule has 6 heteroatoms. The standard InChI is InChI=1S/C22H20ClN3O2/c1-13-4-5-14(2)19(10-13)26-22(28)20-12-16(8-9-24-20)21(27)25-18-7-6-17(23)11-15(18)3/h4-12H,1-3H3,(H,25,27)(H,26,28). The van der Waals surface area contributed by atoms with Gasteiger partial charge in [0.05, 0.1) is 0 Å². The summed E-state index contributed by atoms with van der Waals surface area (Å²) in [5, 5.41) is 6.28. The van der Waals surface area contributed by atoms with Gasteiger partial charge in [0.2, 0.25) is 0 Å². The fourth-order valence-corrected chi connectivity index (χ4v) is 2.94. The lowest BCUT2D eigenvalue weighted by Gasteiger charge is -2.11. The smallest absolute Gasteiger partial charge is 0.274 e. The van der Waals surface area contributed by atoms with E-state index in [0.29, 0.717) is 16.3 Å². The van der Waals surface area contributed by atoms with Crippen LogP contribution in [0.5, 0.6) is 0 Å². The van der Waals surface area contributed by atoms with Gasteiger partial charge in [0.15, 0.2) is 0 Å². The van der Waals surface area contributed by atoms with Crippen molar-refractivity contribution in [3.63, 3.8) is 0 Å². The molecule has 0 atom stereocenters. The van der Waals surface area contributed by atoms with Crippen molar-refractivity contribution in [1.29, 1.82) is 0 Å². The van der Waals surface area contributed by atoms with E-state index in [-0.39, 0.29) is 17.5 Å². The van der Waals surface area contributed by atoms with Crippen molar-refractivity contribution in [2.75, 3.05) is 10.6 Å². The predicted octanol–water partition coefficient (Wildman–Crippen LogP) is 5.16. The molecule has 1 aromatic heterocycles. The van der Waals surface area contributed by atoms with Crippen LogP contribution in [-0.2, 0) is 0 Å². The van der Waals surface area contributed by atoms with Crippen LogP contribution in [0, 0.1) is 20.8 Å². The van der Waals surface area contributed by atoms with Gasteiger partial charge in [-0.25, -0.2) is 0 Å². The molecule has 1 heterocycles. The molecule has 3 aromatic rings. The normalized spacial score (nSPS) is 10.4. The van der Waals surface area contributed by atoms with E-state index in [0.717, 1.165) is 22.4 Å². The van der Waals surface area contributed by atoms with Gasteiger partial charge in [0.1, 0.15) is 5.69 Å². The second-order valence-corrected chi connectivity index (χ2v) is 7.05. The third-order valence-corrected chi connectivity index (χ3v) is 4.57. The zero-order valence-corrected chi connectivity index (χ0v) is 16.6. The third kappa shape index (κ3) is 4.56. The molecular formula is C22H20ClN3O2. The molecule has 2 aromatic carbocycles. The Morgan fingerprint density at radius 2 is 1.57 bits per heavy atom. The molecule has 2 amide bonds. The number of anilines is 2. The van der Waals surface area contributed by atoms with E-state index in [1.54, 1.807) is 24.3 Å². The number of halogens is 1. The summed E-state index contributed by atoms with van der Waals surface area (Å²) in [4.78, 5) is 29.3. The van der Waals surface area contributed by atoms with E-state index >= 15 is 0 Å². The number of carbonyl (C=O) groups excluding carboxylic acids is 2. The van der Waals surface area contributed by atoms with Crippen molar-refractivity contribution in [3.8, 4) is 0 Å². The molecule has 0 aliphatic rings. The fourth-order valence-electron chi connectivity index (χ4n) is 2.71. The summed E-state index contributed by atoms with van der Waals surface area (Å²) in [6.45, 7) is 5.73. The van der Waals surface area contributed by atoms with Gasteiger partial charge in [-0.3, -0.25) is 14.6 Å². The summed E-state index contributed by atoms with van der Waals surface area (Å²) in [6.07, 6.45) is 1.45. The third-order valence-electron chi connectivity index (χ3n) is 4.33. The molecule has 0 saturated heterocycles. The maximum atomic E-state index is 12.6. The van der Waals surface area contributed by atoms with E-state index in [9.17, 15) is 9.59 Å². The molecule has 0 fully saturated rings. The minimum absolute atomic E-state index is 0.168. The summed E-state index contributed by atoms with van der Waals surface area (Å²) in [6, 6.07) is 14.1. The summed E-state index contributed by atoms with van der Waals surface area (Å²) in [5.74, 6) is -0.695. The number of rotatable bonds is 4. The molecule has 3 rings (SSSR count).